The van der Waals surface area contributed by atoms with E-state index in [0.29, 0.717) is 13.0 Å². The maximum atomic E-state index is 14.2. The number of nitrogens with zero attached hydrogens (tertiary/aromatic N) is 2. The predicted molar refractivity (Wildman–Crippen MR) is 118 cm³/mol. The largest absolute Gasteiger partial charge is 0.481 e. The smallest absolute Gasteiger partial charge is 0.308 e. The van der Waals surface area contributed by atoms with E-state index in [1.807, 2.05) is 4.90 Å². The Bertz CT molecular complexity index is 769. The number of aliphatic carboxylic acids is 1. The lowest BCUT2D eigenvalue weighted by Gasteiger charge is -2.43. The van der Waals surface area contributed by atoms with Gasteiger partial charge in [0.2, 0.25) is 11.8 Å². The number of likely N-dealkylation sites (tertiary alicyclic amines) is 1. The highest BCUT2D eigenvalue weighted by Gasteiger charge is 2.76. The molecule has 0 radical (unpaired) electrons. The number of aliphatic hydroxyl groups is 1. The number of thioether (sulfide) groups is 1. The molecule has 0 aromatic heterocycles. The van der Waals surface area contributed by atoms with Crippen LogP contribution in [0.3, 0.4) is 0 Å². The van der Waals surface area contributed by atoms with Gasteiger partial charge in [-0.05, 0) is 32.1 Å². The van der Waals surface area contributed by atoms with Crippen LogP contribution in [-0.4, -0.2) is 79.1 Å². The van der Waals surface area contributed by atoms with Crippen molar-refractivity contribution in [3.8, 4) is 0 Å². The fraction of sp³-hybridized carbons (Fsp3) is 0.783. The fourth-order valence-corrected chi connectivity index (χ4v) is 9.09. The summed E-state index contributed by atoms with van der Waals surface area (Å²) < 4.78 is -0.751. The van der Waals surface area contributed by atoms with E-state index in [1.165, 1.54) is 11.3 Å². The van der Waals surface area contributed by atoms with Crippen LogP contribution in [0.5, 0.6) is 0 Å². The summed E-state index contributed by atoms with van der Waals surface area (Å²) in [5.74, 6) is -2.78. The van der Waals surface area contributed by atoms with Gasteiger partial charge in [-0.15, -0.1) is 18.3 Å². The van der Waals surface area contributed by atoms with Crippen LogP contribution in [0, 0.1) is 17.8 Å². The van der Waals surface area contributed by atoms with Crippen molar-refractivity contribution < 1.29 is 24.6 Å². The molecule has 0 aromatic carbocycles. The van der Waals surface area contributed by atoms with Crippen molar-refractivity contribution >= 4 is 29.5 Å². The lowest BCUT2D eigenvalue weighted by Crippen LogP contribution is -2.60. The molecule has 4 rings (SSSR count). The number of hydrogen-bond donors (Lipinski definition) is 2. The number of carboxylic acid groups (broad SMARTS) is 1. The van der Waals surface area contributed by atoms with E-state index in [1.54, 1.807) is 24.8 Å². The third-order valence-electron chi connectivity index (χ3n) is 8.07. The van der Waals surface area contributed by atoms with E-state index in [2.05, 4.69) is 13.5 Å². The van der Waals surface area contributed by atoms with Gasteiger partial charge in [0.05, 0.1) is 29.2 Å². The Balaban J connectivity index is 1.79. The van der Waals surface area contributed by atoms with Gasteiger partial charge in [0.15, 0.2) is 0 Å². The summed E-state index contributed by atoms with van der Waals surface area (Å²) in [5.41, 5.74) is 0. The second kappa shape index (κ2) is 8.43. The lowest BCUT2D eigenvalue weighted by atomic mass is 9.66. The van der Waals surface area contributed by atoms with Crippen molar-refractivity contribution in [2.45, 2.75) is 80.5 Å². The van der Waals surface area contributed by atoms with E-state index < -0.39 is 34.6 Å². The minimum absolute atomic E-state index is 0.0498. The summed E-state index contributed by atoms with van der Waals surface area (Å²) in [6, 6.07) is -1.17. The molecular formula is C23H34N2O5S. The van der Waals surface area contributed by atoms with Gasteiger partial charge in [-0.2, -0.15) is 0 Å². The standard InChI is InChI=1S/C23H34N2O5S/c1-4-10-24(15-8-6-5-7-9-15)21(28)19-23-13(2)11-16(31-23)17(22(29)30)18(23)20(27)25(19)14(3)12-26/h4,13-19,26H,1,5-12H2,2-3H3,(H,29,30)/t13?,14-,16-,17+,18+,19?,23?/m1/s1. The minimum Gasteiger partial charge on any atom is -0.481 e. The Hall–Kier alpha value is -1.54. The second-order valence-electron chi connectivity index (χ2n) is 9.74. The molecule has 8 heteroatoms. The van der Waals surface area contributed by atoms with Crippen LogP contribution >= 0.6 is 11.8 Å². The first-order chi connectivity index (χ1) is 14.8. The molecule has 0 aromatic rings. The zero-order chi connectivity index (χ0) is 22.5. The SMILES string of the molecule is C=CCN(C(=O)C1N([C@H](C)CO)C(=O)[C@@H]2[C@@H](C(=O)O)[C@H]3CC(C)C12S3)C1CCCCC1. The molecule has 1 aliphatic carbocycles. The van der Waals surface area contributed by atoms with Crippen LogP contribution in [-0.2, 0) is 14.4 Å². The van der Waals surface area contributed by atoms with Crippen molar-refractivity contribution in [2.24, 2.45) is 17.8 Å². The van der Waals surface area contributed by atoms with Gasteiger partial charge < -0.3 is 20.0 Å². The maximum Gasteiger partial charge on any atom is 0.308 e. The van der Waals surface area contributed by atoms with Gasteiger partial charge >= 0.3 is 5.97 Å². The van der Waals surface area contributed by atoms with Crippen LogP contribution in [0.25, 0.3) is 0 Å². The molecule has 7 atom stereocenters. The molecule has 3 unspecified atom stereocenters. The van der Waals surface area contributed by atoms with Crippen molar-refractivity contribution in [1.29, 1.82) is 0 Å². The molecule has 3 heterocycles. The Labute approximate surface area is 188 Å². The summed E-state index contributed by atoms with van der Waals surface area (Å²) in [7, 11) is 0. The molecule has 31 heavy (non-hydrogen) atoms. The summed E-state index contributed by atoms with van der Waals surface area (Å²) in [4.78, 5) is 43.4. The van der Waals surface area contributed by atoms with Crippen molar-refractivity contribution in [2.75, 3.05) is 13.2 Å². The zero-order valence-electron chi connectivity index (χ0n) is 18.4. The van der Waals surface area contributed by atoms with E-state index in [9.17, 15) is 24.6 Å². The number of carbonyl (C=O) groups is 3. The minimum atomic E-state index is -0.954. The highest BCUT2D eigenvalue weighted by Crippen LogP contribution is 2.68. The third kappa shape index (κ3) is 3.24. The van der Waals surface area contributed by atoms with Crippen molar-refractivity contribution in [3.63, 3.8) is 0 Å². The van der Waals surface area contributed by atoms with Crippen LogP contribution in [0.4, 0.5) is 0 Å². The molecule has 1 spiro atoms. The first kappa shape index (κ1) is 22.6. The van der Waals surface area contributed by atoms with Gasteiger partial charge in [-0.25, -0.2) is 0 Å². The van der Waals surface area contributed by atoms with Gasteiger partial charge in [0.25, 0.3) is 0 Å². The molecule has 2 amide bonds. The fourth-order valence-electron chi connectivity index (χ4n) is 6.69. The maximum absolute atomic E-state index is 14.2. The van der Waals surface area contributed by atoms with Gasteiger partial charge in [0.1, 0.15) is 6.04 Å². The van der Waals surface area contributed by atoms with Crippen LogP contribution in [0.15, 0.2) is 12.7 Å². The molecular weight excluding hydrogens is 416 g/mol. The number of amides is 2. The molecule has 3 aliphatic heterocycles. The Morgan fingerprint density at radius 1 is 1.35 bits per heavy atom. The third-order valence-corrected chi connectivity index (χ3v) is 10.1. The van der Waals surface area contributed by atoms with E-state index in [4.69, 9.17) is 0 Å². The highest BCUT2D eigenvalue weighted by molar-refractivity contribution is 8.02. The van der Waals surface area contributed by atoms with Gasteiger partial charge in [-0.3, -0.25) is 14.4 Å². The molecule has 1 saturated carbocycles. The van der Waals surface area contributed by atoms with Crippen molar-refractivity contribution in [1.82, 2.24) is 9.80 Å². The molecule has 4 fully saturated rings. The summed E-state index contributed by atoms with van der Waals surface area (Å²) in [6.45, 7) is 7.81. The Morgan fingerprint density at radius 3 is 2.61 bits per heavy atom. The molecule has 2 bridgehead atoms. The van der Waals surface area contributed by atoms with Crippen LogP contribution < -0.4 is 0 Å². The lowest BCUT2D eigenvalue weighted by molar-refractivity contribution is -0.150. The van der Waals surface area contributed by atoms with Gasteiger partial charge in [0, 0.05) is 17.8 Å². The highest BCUT2D eigenvalue weighted by atomic mass is 32.2. The molecule has 7 nitrogen and oxygen atoms in total. The summed E-state index contributed by atoms with van der Waals surface area (Å²) in [5, 5.41) is 19.7. The van der Waals surface area contributed by atoms with Crippen molar-refractivity contribution in [3.05, 3.63) is 12.7 Å². The number of hydrogen-bond acceptors (Lipinski definition) is 5. The average molecular weight is 451 g/mol. The van der Waals surface area contributed by atoms with E-state index >= 15 is 0 Å². The number of carboxylic acids is 1. The normalized spacial score (nSPS) is 38.2. The van der Waals surface area contributed by atoms with Crippen LogP contribution in [0.1, 0.15) is 52.4 Å². The molecule has 172 valence electrons. The monoisotopic (exact) mass is 450 g/mol. The summed E-state index contributed by atoms with van der Waals surface area (Å²) in [6.07, 6.45) is 7.64. The average Bonchev–Trinajstić information content (AvgIpc) is 3.35. The molecule has 4 aliphatic rings. The topological polar surface area (TPSA) is 98.2 Å². The molecule has 2 N–H and O–H groups in total. The van der Waals surface area contributed by atoms with Crippen LogP contribution in [0.2, 0.25) is 0 Å². The number of aliphatic hydroxyl groups excluding tert-OH is 1. The molecule has 3 saturated heterocycles. The number of fused-ring (bicyclic) bond motifs is 1. The first-order valence-electron chi connectivity index (χ1n) is 11.5. The summed E-state index contributed by atoms with van der Waals surface area (Å²) >= 11 is 1.55. The quantitative estimate of drug-likeness (QED) is 0.577. The first-order valence-corrected chi connectivity index (χ1v) is 12.4. The second-order valence-corrected chi connectivity index (χ2v) is 11.3. The number of rotatable bonds is 7. The Kier molecular flexibility index (Phi) is 6.16. The number of carbonyl (C=O) groups excluding carboxylic acids is 2. The Morgan fingerprint density at radius 2 is 2.03 bits per heavy atom. The van der Waals surface area contributed by atoms with E-state index in [0.717, 1.165) is 25.7 Å². The van der Waals surface area contributed by atoms with E-state index in [-0.39, 0.29) is 35.6 Å². The zero-order valence-corrected chi connectivity index (χ0v) is 19.2. The van der Waals surface area contributed by atoms with Gasteiger partial charge in [-0.1, -0.05) is 32.3 Å². The predicted octanol–water partition coefficient (Wildman–Crippen LogP) is 2.14.